The van der Waals surface area contributed by atoms with Gasteiger partial charge in [0.1, 0.15) is 12.7 Å². The smallest absolute Gasteiger partial charge is 0.355 e. The van der Waals surface area contributed by atoms with E-state index < -0.39 is 0 Å². The molecule has 2 heterocycles. The summed E-state index contributed by atoms with van der Waals surface area (Å²) in [4.78, 5) is 15.0. The lowest BCUT2D eigenvalue weighted by Crippen LogP contribution is -2.30. The number of aromatic amines is 1. The maximum Gasteiger partial charge on any atom is 0.355 e. The van der Waals surface area contributed by atoms with Crippen molar-refractivity contribution in [2.75, 3.05) is 6.61 Å². The zero-order valence-corrected chi connectivity index (χ0v) is 12.9. The van der Waals surface area contributed by atoms with Gasteiger partial charge in [0.05, 0.1) is 6.61 Å². The minimum atomic E-state index is -0.303. The van der Waals surface area contributed by atoms with Crippen LogP contribution < -0.4 is 4.57 Å². The molecule has 2 aromatic heterocycles. The molecule has 4 nitrogen and oxygen atoms in total. The molecule has 1 N–H and O–H groups in total. The average molecular weight is 285 g/mol. The maximum absolute atomic E-state index is 11.9. The monoisotopic (exact) mass is 285 g/mol. The summed E-state index contributed by atoms with van der Waals surface area (Å²) in [7, 11) is 2.00. The summed E-state index contributed by atoms with van der Waals surface area (Å²) in [6, 6.07) is 6.03. The number of aromatic nitrogens is 2. The van der Waals surface area contributed by atoms with E-state index in [1.807, 2.05) is 62.0 Å². The van der Waals surface area contributed by atoms with Crippen molar-refractivity contribution < 1.29 is 14.1 Å². The molecule has 0 radical (unpaired) electrons. The van der Waals surface area contributed by atoms with E-state index in [-0.39, 0.29) is 5.97 Å². The van der Waals surface area contributed by atoms with E-state index in [1.165, 1.54) is 0 Å². The highest BCUT2D eigenvalue weighted by molar-refractivity contribution is 5.91. The zero-order valence-electron chi connectivity index (χ0n) is 12.9. The fourth-order valence-corrected chi connectivity index (χ4v) is 2.30. The first kappa shape index (κ1) is 15.0. The van der Waals surface area contributed by atoms with E-state index in [9.17, 15) is 4.79 Å². The average Bonchev–Trinajstić information content (AvgIpc) is 2.74. The van der Waals surface area contributed by atoms with Gasteiger partial charge in [0.25, 0.3) is 0 Å². The van der Waals surface area contributed by atoms with Crippen molar-refractivity contribution in [1.82, 2.24) is 4.98 Å². The Morgan fingerprint density at radius 2 is 2.10 bits per heavy atom. The molecule has 110 valence electrons. The predicted molar refractivity (Wildman–Crippen MR) is 82.8 cm³/mol. The van der Waals surface area contributed by atoms with Gasteiger partial charge in [-0.05, 0) is 44.0 Å². The number of H-pyrrole nitrogens is 1. The van der Waals surface area contributed by atoms with Crippen LogP contribution in [0.5, 0.6) is 0 Å². The highest BCUT2D eigenvalue weighted by Gasteiger charge is 2.16. The van der Waals surface area contributed by atoms with Crippen molar-refractivity contribution in [3.8, 4) is 0 Å². The minimum absolute atomic E-state index is 0.303. The van der Waals surface area contributed by atoms with E-state index >= 15 is 0 Å². The van der Waals surface area contributed by atoms with Crippen molar-refractivity contribution in [3.63, 3.8) is 0 Å². The quantitative estimate of drug-likeness (QED) is 0.693. The Bertz CT molecular complexity index is 684. The second-order valence-corrected chi connectivity index (χ2v) is 4.95. The van der Waals surface area contributed by atoms with Crippen molar-refractivity contribution >= 4 is 18.1 Å². The van der Waals surface area contributed by atoms with Crippen molar-refractivity contribution in [2.45, 2.75) is 20.8 Å². The molecular weight excluding hydrogens is 264 g/mol. The number of aryl methyl sites for hydroxylation is 2. The zero-order chi connectivity index (χ0) is 15.4. The van der Waals surface area contributed by atoms with Gasteiger partial charge in [0.2, 0.25) is 5.69 Å². The van der Waals surface area contributed by atoms with E-state index in [0.29, 0.717) is 12.3 Å². The molecule has 0 bridgehead atoms. The number of carbonyl (C=O) groups is 1. The molecule has 0 saturated heterocycles. The number of esters is 1. The molecule has 21 heavy (non-hydrogen) atoms. The standard InChI is InChI=1S/C17H20N2O2/c1-5-21-17(20)16-12(2)15(13(3)18-16)10-9-14-8-6-7-11-19(14)4/h6-11H,5H2,1-4H3/p+1. The molecule has 2 aromatic rings. The third kappa shape index (κ3) is 3.21. The van der Waals surface area contributed by atoms with Gasteiger partial charge >= 0.3 is 5.97 Å². The third-order valence-electron chi connectivity index (χ3n) is 3.49. The number of nitrogens with one attached hydrogen (secondary N) is 1. The molecule has 0 aliphatic rings. The molecule has 4 heteroatoms. The van der Waals surface area contributed by atoms with E-state index in [0.717, 1.165) is 22.5 Å². The van der Waals surface area contributed by atoms with Gasteiger partial charge in [-0.15, -0.1) is 0 Å². The van der Waals surface area contributed by atoms with Crippen LogP contribution in [0.4, 0.5) is 0 Å². The lowest BCUT2D eigenvalue weighted by molar-refractivity contribution is -0.673. The molecule has 0 aliphatic carbocycles. The van der Waals surface area contributed by atoms with Crippen LogP contribution in [0, 0.1) is 13.8 Å². The summed E-state index contributed by atoms with van der Waals surface area (Å²) in [5.41, 5.74) is 4.54. The summed E-state index contributed by atoms with van der Waals surface area (Å²) in [6.45, 7) is 6.07. The van der Waals surface area contributed by atoms with Crippen LogP contribution in [0.1, 0.15) is 39.9 Å². The van der Waals surface area contributed by atoms with Crippen molar-refractivity contribution in [2.24, 2.45) is 7.05 Å². The number of ether oxygens (including phenoxy) is 1. The fraction of sp³-hybridized carbons (Fsp3) is 0.294. The van der Waals surface area contributed by atoms with Gasteiger partial charge in [-0.3, -0.25) is 0 Å². The molecule has 0 amide bonds. The van der Waals surface area contributed by atoms with Crippen molar-refractivity contribution in [3.05, 3.63) is 52.6 Å². The van der Waals surface area contributed by atoms with Crippen LogP contribution in [0.25, 0.3) is 12.2 Å². The molecule has 0 aromatic carbocycles. The highest BCUT2D eigenvalue weighted by atomic mass is 16.5. The summed E-state index contributed by atoms with van der Waals surface area (Å²) in [5, 5.41) is 0. The molecule has 0 aliphatic heterocycles. The Hall–Kier alpha value is -2.36. The van der Waals surface area contributed by atoms with Gasteiger partial charge < -0.3 is 9.72 Å². The summed E-state index contributed by atoms with van der Waals surface area (Å²) in [5.74, 6) is -0.303. The fourth-order valence-electron chi connectivity index (χ4n) is 2.30. The lowest BCUT2D eigenvalue weighted by atomic mass is 10.1. The van der Waals surface area contributed by atoms with E-state index in [2.05, 4.69) is 4.98 Å². The Morgan fingerprint density at radius 3 is 2.76 bits per heavy atom. The molecule has 2 rings (SSSR count). The Morgan fingerprint density at radius 1 is 1.33 bits per heavy atom. The summed E-state index contributed by atoms with van der Waals surface area (Å²) >= 11 is 0. The Labute approximate surface area is 125 Å². The van der Waals surface area contributed by atoms with Crippen LogP contribution >= 0.6 is 0 Å². The van der Waals surface area contributed by atoms with Gasteiger partial charge in [-0.1, -0.05) is 0 Å². The predicted octanol–water partition coefficient (Wildman–Crippen LogP) is 2.80. The molecule has 0 fully saturated rings. The second kappa shape index (κ2) is 6.39. The molecule has 0 saturated carbocycles. The summed E-state index contributed by atoms with van der Waals surface area (Å²) in [6.07, 6.45) is 6.07. The van der Waals surface area contributed by atoms with Crippen LogP contribution in [0.15, 0.2) is 24.4 Å². The molecule has 0 unspecified atom stereocenters. The largest absolute Gasteiger partial charge is 0.461 e. The van der Waals surface area contributed by atoms with Crippen molar-refractivity contribution in [1.29, 1.82) is 0 Å². The van der Waals surface area contributed by atoms with E-state index in [1.54, 1.807) is 6.92 Å². The maximum atomic E-state index is 11.9. The Balaban J connectivity index is 2.33. The number of rotatable bonds is 4. The summed E-state index contributed by atoms with van der Waals surface area (Å²) < 4.78 is 7.10. The first-order valence-corrected chi connectivity index (χ1v) is 7.03. The SMILES string of the molecule is CCOC(=O)c1[nH]c(C)c(/C=C/c2cccc[n+]2C)c1C. The first-order valence-electron chi connectivity index (χ1n) is 7.03. The van der Waals surface area contributed by atoms with Gasteiger partial charge in [-0.2, -0.15) is 0 Å². The van der Waals surface area contributed by atoms with E-state index in [4.69, 9.17) is 4.74 Å². The number of pyridine rings is 1. The number of nitrogens with zero attached hydrogens (tertiary/aromatic N) is 1. The van der Waals surface area contributed by atoms with Crippen LogP contribution in [0.3, 0.4) is 0 Å². The number of hydrogen-bond acceptors (Lipinski definition) is 2. The van der Waals surface area contributed by atoms with Crippen LogP contribution in [0.2, 0.25) is 0 Å². The number of carbonyl (C=O) groups excluding carboxylic acids is 1. The normalized spacial score (nSPS) is 11.0. The minimum Gasteiger partial charge on any atom is -0.461 e. The van der Waals surface area contributed by atoms with Crippen LogP contribution in [-0.2, 0) is 11.8 Å². The first-order chi connectivity index (χ1) is 10.0. The molecule has 0 spiro atoms. The molecule has 0 atom stereocenters. The van der Waals surface area contributed by atoms with Gasteiger partial charge in [0, 0.05) is 23.9 Å². The highest BCUT2D eigenvalue weighted by Crippen LogP contribution is 2.21. The lowest BCUT2D eigenvalue weighted by Gasteiger charge is -2.00. The topological polar surface area (TPSA) is 46.0 Å². The second-order valence-electron chi connectivity index (χ2n) is 4.95. The molecular formula is C17H21N2O2+. The van der Waals surface area contributed by atoms with Gasteiger partial charge in [-0.25, -0.2) is 9.36 Å². The Kier molecular flexibility index (Phi) is 4.58. The van der Waals surface area contributed by atoms with Crippen LogP contribution in [-0.4, -0.2) is 17.6 Å². The third-order valence-corrected chi connectivity index (χ3v) is 3.49. The van der Waals surface area contributed by atoms with Gasteiger partial charge in [0.15, 0.2) is 6.20 Å². The number of hydrogen-bond donors (Lipinski definition) is 1.